The van der Waals surface area contributed by atoms with E-state index in [2.05, 4.69) is 26.9 Å². The maximum atomic E-state index is 13.0. The molecule has 3 aromatic rings. The number of benzene rings is 2. The number of carbonyl (C=O) groups excluding carboxylic acids is 1. The number of tetrazole rings is 1. The van der Waals surface area contributed by atoms with Crippen LogP contribution in [0.2, 0.25) is 0 Å². The zero-order chi connectivity index (χ0) is 24.2. The molecule has 9 heteroatoms. The van der Waals surface area contributed by atoms with Crippen molar-refractivity contribution < 1.29 is 19.0 Å². The van der Waals surface area contributed by atoms with Crippen LogP contribution in [0.3, 0.4) is 0 Å². The molecule has 1 aliphatic heterocycles. The molecular weight excluding hydrogens is 434 g/mol. The maximum absolute atomic E-state index is 13.0. The molecule has 1 aliphatic rings. The number of carbonyl (C=O) groups is 1. The number of aryl methyl sites for hydroxylation is 1. The van der Waals surface area contributed by atoms with Gasteiger partial charge in [0, 0.05) is 5.70 Å². The summed E-state index contributed by atoms with van der Waals surface area (Å²) in [7, 11) is 0. The van der Waals surface area contributed by atoms with Crippen molar-refractivity contribution in [2.75, 3.05) is 11.9 Å². The number of nitrogens with zero attached hydrogens (tertiary/aromatic N) is 4. The Morgan fingerprint density at radius 1 is 1.12 bits per heavy atom. The number of ether oxygens (including phenoxy) is 3. The van der Waals surface area contributed by atoms with Crippen LogP contribution < -0.4 is 14.8 Å². The van der Waals surface area contributed by atoms with E-state index in [1.165, 1.54) is 5.56 Å². The molecular formula is C25H29N5O4. The highest BCUT2D eigenvalue weighted by Gasteiger charge is 2.35. The van der Waals surface area contributed by atoms with Gasteiger partial charge in [-0.15, -0.1) is 0 Å². The van der Waals surface area contributed by atoms with Gasteiger partial charge in [-0.1, -0.05) is 41.0 Å². The minimum Gasteiger partial charge on any atom is -0.490 e. The van der Waals surface area contributed by atoms with Crippen LogP contribution in [0.5, 0.6) is 11.5 Å². The maximum Gasteiger partial charge on any atom is 0.338 e. The summed E-state index contributed by atoms with van der Waals surface area (Å²) < 4.78 is 19.1. The van der Waals surface area contributed by atoms with Gasteiger partial charge in [-0.05, 0) is 68.3 Å². The molecule has 0 spiro atoms. The fourth-order valence-electron chi connectivity index (χ4n) is 3.91. The number of esters is 1. The van der Waals surface area contributed by atoms with Gasteiger partial charge in [-0.25, -0.2) is 4.79 Å². The molecule has 4 rings (SSSR count). The second-order valence-electron chi connectivity index (χ2n) is 8.38. The van der Waals surface area contributed by atoms with Crippen molar-refractivity contribution in [1.29, 1.82) is 0 Å². The summed E-state index contributed by atoms with van der Waals surface area (Å²) in [4.78, 5) is 13.0. The smallest absolute Gasteiger partial charge is 0.338 e. The fraction of sp³-hybridized carbons (Fsp3) is 0.360. The summed E-state index contributed by atoms with van der Waals surface area (Å²) in [6.07, 6.45) is -0.264. The first-order chi connectivity index (χ1) is 16.4. The molecule has 2 heterocycles. The summed E-state index contributed by atoms with van der Waals surface area (Å²) in [5, 5.41) is 15.0. The first kappa shape index (κ1) is 23.3. The first-order valence-corrected chi connectivity index (χ1v) is 11.3. The van der Waals surface area contributed by atoms with Gasteiger partial charge >= 0.3 is 5.97 Å². The Morgan fingerprint density at radius 2 is 1.94 bits per heavy atom. The van der Waals surface area contributed by atoms with Gasteiger partial charge in [0.1, 0.15) is 12.6 Å². The van der Waals surface area contributed by atoms with E-state index in [1.807, 2.05) is 71.0 Å². The lowest BCUT2D eigenvalue weighted by Crippen LogP contribution is -2.30. The Labute approximate surface area is 198 Å². The van der Waals surface area contributed by atoms with Gasteiger partial charge in [0.2, 0.25) is 5.95 Å². The lowest BCUT2D eigenvalue weighted by atomic mass is 9.95. The third-order valence-corrected chi connectivity index (χ3v) is 5.34. The lowest BCUT2D eigenvalue weighted by molar-refractivity contribution is -0.143. The largest absolute Gasteiger partial charge is 0.490 e. The zero-order valence-corrected chi connectivity index (χ0v) is 20.0. The first-order valence-electron chi connectivity index (χ1n) is 11.3. The van der Waals surface area contributed by atoms with E-state index in [4.69, 9.17) is 14.2 Å². The van der Waals surface area contributed by atoms with Crippen LogP contribution in [0.25, 0.3) is 0 Å². The van der Waals surface area contributed by atoms with Gasteiger partial charge in [0.15, 0.2) is 11.5 Å². The normalized spacial score (nSPS) is 15.1. The average Bonchev–Trinajstić information content (AvgIpc) is 3.25. The molecule has 0 radical (unpaired) electrons. The second-order valence-corrected chi connectivity index (χ2v) is 8.38. The van der Waals surface area contributed by atoms with Crippen LogP contribution in [-0.2, 0) is 16.1 Å². The second kappa shape index (κ2) is 9.94. The molecule has 178 valence electrons. The van der Waals surface area contributed by atoms with Crippen LogP contribution in [-0.4, -0.2) is 38.9 Å². The number of aromatic nitrogens is 4. The van der Waals surface area contributed by atoms with Gasteiger partial charge in [0.05, 0.1) is 18.3 Å². The number of hydrogen-bond acceptors (Lipinski definition) is 8. The van der Waals surface area contributed by atoms with Crippen LogP contribution in [0, 0.1) is 6.92 Å². The predicted molar refractivity (Wildman–Crippen MR) is 127 cm³/mol. The van der Waals surface area contributed by atoms with E-state index < -0.39 is 12.0 Å². The average molecular weight is 464 g/mol. The van der Waals surface area contributed by atoms with E-state index in [0.29, 0.717) is 41.9 Å². The molecule has 2 aromatic carbocycles. The predicted octanol–water partition coefficient (Wildman–Crippen LogP) is 4.20. The van der Waals surface area contributed by atoms with Gasteiger partial charge in [-0.2, -0.15) is 4.68 Å². The van der Waals surface area contributed by atoms with E-state index in [-0.39, 0.29) is 6.10 Å². The molecule has 1 aromatic heterocycles. The number of allylic oxidation sites excluding steroid dienone is 1. The van der Waals surface area contributed by atoms with Crippen LogP contribution in [0.15, 0.2) is 53.7 Å². The zero-order valence-electron chi connectivity index (χ0n) is 20.0. The molecule has 0 bridgehead atoms. The third-order valence-electron chi connectivity index (χ3n) is 5.34. The highest BCUT2D eigenvalue weighted by Crippen LogP contribution is 2.39. The third kappa shape index (κ3) is 4.88. The van der Waals surface area contributed by atoms with Crippen molar-refractivity contribution in [3.8, 4) is 11.5 Å². The Morgan fingerprint density at radius 3 is 2.68 bits per heavy atom. The van der Waals surface area contributed by atoms with Crippen LogP contribution in [0.1, 0.15) is 50.4 Å². The Bertz CT molecular complexity index is 1220. The molecule has 0 saturated carbocycles. The summed E-state index contributed by atoms with van der Waals surface area (Å²) in [6, 6.07) is 13.2. The highest BCUT2D eigenvalue weighted by molar-refractivity contribution is 5.92. The van der Waals surface area contributed by atoms with Crippen molar-refractivity contribution in [1.82, 2.24) is 20.2 Å². The van der Waals surface area contributed by atoms with Crippen molar-refractivity contribution in [3.63, 3.8) is 0 Å². The highest BCUT2D eigenvalue weighted by atomic mass is 16.5. The van der Waals surface area contributed by atoms with E-state index in [1.54, 1.807) is 4.68 Å². The van der Waals surface area contributed by atoms with Crippen molar-refractivity contribution in [3.05, 3.63) is 70.4 Å². The molecule has 1 N–H and O–H groups in total. The number of fused-ring (bicyclic) bond motifs is 1. The van der Waals surface area contributed by atoms with Gasteiger partial charge in [-0.3, -0.25) is 0 Å². The molecule has 0 aliphatic carbocycles. The standard InChI is InChI=1S/C25H29N5O4/c1-6-32-21-13-19(10-11-20(21)33-14-18-9-7-8-16(4)12-18)23-22(24(31)34-15(2)3)17(5)26-25-27-28-29-30(23)25/h7-13,15,23H,6,14H2,1-5H3,(H,26,27,29). The van der Waals surface area contributed by atoms with Crippen molar-refractivity contribution >= 4 is 11.9 Å². The Hall–Kier alpha value is -3.88. The molecule has 1 atom stereocenters. The van der Waals surface area contributed by atoms with Crippen LogP contribution >= 0.6 is 0 Å². The fourth-order valence-corrected chi connectivity index (χ4v) is 3.91. The van der Waals surface area contributed by atoms with Gasteiger partial charge < -0.3 is 19.5 Å². The SMILES string of the molecule is CCOc1cc(C2C(C(=O)OC(C)C)=C(C)Nc3nnnn32)ccc1OCc1cccc(C)c1. The summed E-state index contributed by atoms with van der Waals surface area (Å²) in [5.41, 5.74) is 4.09. The number of anilines is 1. The number of rotatable bonds is 8. The van der Waals surface area contributed by atoms with Gasteiger partial charge in [0.25, 0.3) is 0 Å². The molecule has 0 fully saturated rings. The van der Waals surface area contributed by atoms with Crippen molar-refractivity contribution in [2.45, 2.75) is 53.4 Å². The van der Waals surface area contributed by atoms with E-state index in [9.17, 15) is 4.79 Å². The Kier molecular flexibility index (Phi) is 6.81. The summed E-state index contributed by atoms with van der Waals surface area (Å²) in [5.74, 6) is 1.21. The molecule has 0 saturated heterocycles. The lowest BCUT2D eigenvalue weighted by Gasteiger charge is -2.28. The number of hydrogen-bond donors (Lipinski definition) is 1. The monoisotopic (exact) mass is 463 g/mol. The van der Waals surface area contributed by atoms with Crippen LogP contribution in [0.4, 0.5) is 5.95 Å². The van der Waals surface area contributed by atoms with Crippen molar-refractivity contribution in [2.24, 2.45) is 0 Å². The topological polar surface area (TPSA) is 100 Å². The quantitative estimate of drug-likeness (QED) is 0.496. The molecule has 0 amide bonds. The summed E-state index contributed by atoms with van der Waals surface area (Å²) in [6.45, 7) is 10.3. The minimum absolute atomic E-state index is 0.264. The number of nitrogens with one attached hydrogen (secondary N) is 1. The van der Waals surface area contributed by atoms with E-state index >= 15 is 0 Å². The minimum atomic E-state index is -0.581. The summed E-state index contributed by atoms with van der Waals surface area (Å²) >= 11 is 0. The molecule has 9 nitrogen and oxygen atoms in total. The Balaban J connectivity index is 1.70. The van der Waals surface area contributed by atoms with E-state index in [0.717, 1.165) is 11.1 Å². The molecule has 34 heavy (non-hydrogen) atoms. The molecule has 1 unspecified atom stereocenters.